The molecule has 1 aromatic rings. The number of nitrogens with zero attached hydrogens (tertiary/aromatic N) is 1. The summed E-state index contributed by atoms with van der Waals surface area (Å²) in [6.07, 6.45) is 4.93. The summed E-state index contributed by atoms with van der Waals surface area (Å²) in [5.41, 5.74) is 4.60. The van der Waals surface area contributed by atoms with E-state index in [0.29, 0.717) is 23.5 Å². The van der Waals surface area contributed by atoms with Crippen LogP contribution in [0.25, 0.3) is 0 Å². The fourth-order valence-corrected chi connectivity index (χ4v) is 2.52. The molecule has 0 saturated carbocycles. The Morgan fingerprint density at radius 3 is 2.52 bits per heavy atom. The summed E-state index contributed by atoms with van der Waals surface area (Å²) in [5.74, 6) is 0.476. The molecule has 5 heteroatoms. The summed E-state index contributed by atoms with van der Waals surface area (Å²) in [4.78, 5) is 27.8. The first kappa shape index (κ1) is 22.1. The van der Waals surface area contributed by atoms with Gasteiger partial charge in [-0.05, 0) is 56.9 Å². The minimum Gasteiger partial charge on any atom is -0.352 e. The molecule has 0 aliphatic carbocycles. The Morgan fingerprint density at radius 1 is 1.26 bits per heavy atom. The topological polar surface area (TPSA) is 70.6 Å². The number of aryl methyl sites for hydroxylation is 1. The van der Waals surface area contributed by atoms with Crippen molar-refractivity contribution in [1.82, 2.24) is 5.32 Å². The Hall–Kier alpha value is -2.95. The van der Waals surface area contributed by atoms with Crippen LogP contribution < -0.4 is 10.6 Å². The lowest BCUT2D eigenvalue weighted by molar-refractivity contribution is -0.117. The Kier molecular flexibility index (Phi) is 8.93. The molecule has 0 atom stereocenters. The van der Waals surface area contributed by atoms with Crippen LogP contribution in [0, 0.1) is 6.92 Å². The van der Waals surface area contributed by atoms with Gasteiger partial charge in [-0.15, -0.1) is 0 Å². The molecule has 1 aromatic carbocycles. The van der Waals surface area contributed by atoms with Crippen molar-refractivity contribution in [3.63, 3.8) is 0 Å². The van der Waals surface area contributed by atoms with Gasteiger partial charge in [-0.25, -0.2) is 4.99 Å². The number of aldehydes is 1. The molecule has 27 heavy (non-hydrogen) atoms. The minimum atomic E-state index is -0.103. The monoisotopic (exact) mass is 367 g/mol. The average Bonchev–Trinajstić information content (AvgIpc) is 2.67. The molecule has 0 heterocycles. The second-order valence-corrected chi connectivity index (χ2v) is 6.19. The van der Waals surface area contributed by atoms with Gasteiger partial charge in [0, 0.05) is 29.6 Å². The van der Waals surface area contributed by atoms with Crippen LogP contribution in [0.2, 0.25) is 0 Å². The van der Waals surface area contributed by atoms with Crippen molar-refractivity contribution in [1.29, 1.82) is 0 Å². The summed E-state index contributed by atoms with van der Waals surface area (Å²) >= 11 is 0. The van der Waals surface area contributed by atoms with Crippen LogP contribution in [0.15, 0.2) is 58.8 Å². The highest BCUT2D eigenvalue weighted by Gasteiger charge is 2.15. The zero-order valence-corrected chi connectivity index (χ0v) is 16.8. The van der Waals surface area contributed by atoms with Crippen molar-refractivity contribution in [2.24, 2.45) is 4.99 Å². The molecular formula is C22H29N3O2. The minimum absolute atomic E-state index is 0.103. The molecule has 0 unspecified atom stereocenters. The highest BCUT2D eigenvalue weighted by atomic mass is 16.1. The van der Waals surface area contributed by atoms with E-state index in [2.05, 4.69) is 22.2 Å². The second-order valence-electron chi connectivity index (χ2n) is 6.19. The van der Waals surface area contributed by atoms with Gasteiger partial charge in [0.15, 0.2) is 0 Å². The number of aliphatic imine (C=N–C) groups is 1. The molecule has 2 N–H and O–H groups in total. The van der Waals surface area contributed by atoms with E-state index in [9.17, 15) is 9.59 Å². The quantitative estimate of drug-likeness (QED) is 0.232. The van der Waals surface area contributed by atoms with Crippen molar-refractivity contribution in [3.05, 3.63) is 64.9 Å². The van der Waals surface area contributed by atoms with Crippen molar-refractivity contribution in [2.75, 3.05) is 11.9 Å². The van der Waals surface area contributed by atoms with Crippen molar-refractivity contribution in [2.45, 2.75) is 41.0 Å². The van der Waals surface area contributed by atoms with E-state index < -0.39 is 0 Å². The maximum Gasteiger partial charge on any atom is 0.251 e. The molecule has 5 nitrogen and oxygen atoms in total. The number of carbonyl (C=O) groups excluding carboxylic acids is 2. The SMILES string of the molecule is C=CN=C(Nc1cc(C=O)ccc1C)/C(C)=C(C)/C(=C\C)C(=O)NCCC. The Morgan fingerprint density at radius 2 is 1.96 bits per heavy atom. The van der Waals surface area contributed by atoms with Gasteiger partial charge in [-0.1, -0.05) is 31.7 Å². The number of allylic oxidation sites excluding steroid dienone is 1. The molecule has 0 aliphatic heterocycles. The summed E-state index contributed by atoms with van der Waals surface area (Å²) in [7, 11) is 0. The van der Waals surface area contributed by atoms with Gasteiger partial charge in [0.25, 0.3) is 5.91 Å². The number of carbonyl (C=O) groups is 2. The number of anilines is 1. The predicted molar refractivity (Wildman–Crippen MR) is 113 cm³/mol. The van der Waals surface area contributed by atoms with Crippen molar-refractivity contribution >= 4 is 23.7 Å². The predicted octanol–water partition coefficient (Wildman–Crippen LogP) is 4.57. The zero-order valence-electron chi connectivity index (χ0n) is 16.8. The van der Waals surface area contributed by atoms with E-state index in [-0.39, 0.29) is 5.91 Å². The molecule has 0 spiro atoms. The maximum atomic E-state index is 12.4. The van der Waals surface area contributed by atoms with Gasteiger partial charge in [0.05, 0.1) is 0 Å². The van der Waals surface area contributed by atoms with E-state index in [1.54, 1.807) is 18.2 Å². The second kappa shape index (κ2) is 10.9. The van der Waals surface area contributed by atoms with E-state index in [1.807, 2.05) is 40.7 Å². The molecule has 144 valence electrons. The molecule has 0 bridgehead atoms. The summed E-state index contributed by atoms with van der Waals surface area (Å²) in [5, 5.41) is 6.17. The van der Waals surface area contributed by atoms with Crippen LogP contribution in [0.3, 0.4) is 0 Å². The van der Waals surface area contributed by atoms with E-state index in [0.717, 1.165) is 35.1 Å². The lowest BCUT2D eigenvalue weighted by Crippen LogP contribution is -2.27. The third-order valence-electron chi connectivity index (χ3n) is 4.26. The molecular weight excluding hydrogens is 338 g/mol. The molecule has 0 aliphatic rings. The van der Waals surface area contributed by atoms with E-state index in [1.165, 1.54) is 6.20 Å². The van der Waals surface area contributed by atoms with Crippen LogP contribution in [0.5, 0.6) is 0 Å². The van der Waals surface area contributed by atoms with Gasteiger partial charge in [0.2, 0.25) is 0 Å². The first-order valence-corrected chi connectivity index (χ1v) is 9.03. The Balaban J connectivity index is 3.27. The van der Waals surface area contributed by atoms with Crippen LogP contribution >= 0.6 is 0 Å². The lowest BCUT2D eigenvalue weighted by atomic mass is 10.00. The third-order valence-corrected chi connectivity index (χ3v) is 4.26. The Bertz CT molecular complexity index is 802. The molecule has 0 saturated heterocycles. The number of hydrogen-bond acceptors (Lipinski definition) is 3. The molecule has 0 aromatic heterocycles. The number of amides is 1. The smallest absolute Gasteiger partial charge is 0.251 e. The first-order valence-electron chi connectivity index (χ1n) is 9.03. The van der Waals surface area contributed by atoms with E-state index in [4.69, 9.17) is 0 Å². The lowest BCUT2D eigenvalue weighted by Gasteiger charge is -2.16. The fraction of sp³-hybridized carbons (Fsp3) is 0.318. The number of amidine groups is 1. The standard InChI is InChI=1S/C22H29N3O2/c1-7-12-24-22(27)19(8-2)16(5)17(6)21(23-9-3)25-20-13-18(14-26)11-10-15(20)4/h8-11,13-14H,3,7,12H2,1-2,4-6H3,(H,23,25)(H,24,27)/b17-16+,19-8+. The molecule has 0 radical (unpaired) electrons. The maximum absolute atomic E-state index is 12.4. The summed E-state index contributed by atoms with van der Waals surface area (Å²) < 4.78 is 0. The zero-order chi connectivity index (χ0) is 20.4. The number of nitrogens with one attached hydrogen (secondary N) is 2. The highest BCUT2D eigenvalue weighted by Crippen LogP contribution is 2.21. The van der Waals surface area contributed by atoms with Gasteiger partial charge in [-0.3, -0.25) is 9.59 Å². The number of hydrogen-bond donors (Lipinski definition) is 2. The molecule has 0 fully saturated rings. The number of rotatable bonds is 8. The average molecular weight is 367 g/mol. The fourth-order valence-electron chi connectivity index (χ4n) is 2.52. The van der Waals surface area contributed by atoms with Crippen molar-refractivity contribution in [3.8, 4) is 0 Å². The van der Waals surface area contributed by atoms with Crippen LogP contribution in [-0.2, 0) is 4.79 Å². The van der Waals surface area contributed by atoms with Crippen LogP contribution in [0.1, 0.15) is 50.0 Å². The molecule has 1 rings (SSSR count). The Labute approximate surface area is 162 Å². The first-order chi connectivity index (χ1) is 12.9. The van der Waals surface area contributed by atoms with Crippen LogP contribution in [-0.4, -0.2) is 24.6 Å². The van der Waals surface area contributed by atoms with Crippen LogP contribution in [0.4, 0.5) is 5.69 Å². The van der Waals surface area contributed by atoms with Gasteiger partial charge >= 0.3 is 0 Å². The molecule has 1 amide bonds. The summed E-state index contributed by atoms with van der Waals surface area (Å²) in [6, 6.07) is 5.41. The summed E-state index contributed by atoms with van der Waals surface area (Å²) in [6.45, 7) is 13.9. The van der Waals surface area contributed by atoms with Gasteiger partial charge < -0.3 is 10.6 Å². The highest BCUT2D eigenvalue weighted by molar-refractivity contribution is 6.11. The van der Waals surface area contributed by atoms with Crippen molar-refractivity contribution < 1.29 is 9.59 Å². The normalized spacial score (nSPS) is 12.9. The number of benzene rings is 1. The largest absolute Gasteiger partial charge is 0.352 e. The third kappa shape index (κ3) is 6.06. The van der Waals surface area contributed by atoms with Gasteiger partial charge in [-0.2, -0.15) is 0 Å². The van der Waals surface area contributed by atoms with Gasteiger partial charge in [0.1, 0.15) is 12.1 Å². The van der Waals surface area contributed by atoms with E-state index >= 15 is 0 Å².